The number of carbonyl (C=O) groups excluding carboxylic acids is 2. The van der Waals surface area contributed by atoms with Gasteiger partial charge in [-0.15, -0.1) is 0 Å². The summed E-state index contributed by atoms with van der Waals surface area (Å²) in [6.07, 6.45) is 1.36. The molecule has 0 rings (SSSR count). The van der Waals surface area contributed by atoms with Crippen LogP contribution in [0.15, 0.2) is 0 Å². The number of rotatable bonds is 7. The third kappa shape index (κ3) is 6.87. The highest BCUT2D eigenvalue weighted by molar-refractivity contribution is 5.72. The van der Waals surface area contributed by atoms with Crippen molar-refractivity contribution in [3.63, 3.8) is 0 Å². The van der Waals surface area contributed by atoms with Gasteiger partial charge in [-0.3, -0.25) is 20.2 Å². The fraction of sp³-hybridized carbons (Fsp3) is 0.667. The number of hydrogen-bond donors (Lipinski definition) is 2. The number of ether oxygens (including phenoxy) is 2. The summed E-state index contributed by atoms with van der Waals surface area (Å²) in [7, 11) is 2.63. The van der Waals surface area contributed by atoms with E-state index in [0.717, 1.165) is 0 Å². The molecular formula is C9H17N2O4. The van der Waals surface area contributed by atoms with Gasteiger partial charge >= 0.3 is 11.9 Å². The molecule has 0 fully saturated rings. The van der Waals surface area contributed by atoms with E-state index in [4.69, 9.17) is 0 Å². The fourth-order valence-corrected chi connectivity index (χ4v) is 0.815. The molecular weight excluding hydrogens is 200 g/mol. The van der Waals surface area contributed by atoms with Crippen LogP contribution in [0.3, 0.4) is 0 Å². The maximum absolute atomic E-state index is 10.8. The van der Waals surface area contributed by atoms with Gasteiger partial charge in [0.2, 0.25) is 0 Å². The van der Waals surface area contributed by atoms with E-state index in [1.807, 2.05) is 6.92 Å². The topological polar surface area (TPSA) is 76.7 Å². The van der Waals surface area contributed by atoms with Crippen molar-refractivity contribution in [2.45, 2.75) is 13.3 Å². The Kier molecular flexibility index (Phi) is 7.57. The maximum atomic E-state index is 10.8. The smallest absolute Gasteiger partial charge is 0.319 e. The van der Waals surface area contributed by atoms with E-state index < -0.39 is 0 Å². The zero-order chi connectivity index (χ0) is 11.7. The minimum absolute atomic E-state index is 0.0772. The molecule has 0 aliphatic rings. The lowest BCUT2D eigenvalue weighted by Gasteiger charge is -2.15. The van der Waals surface area contributed by atoms with Crippen molar-refractivity contribution < 1.29 is 19.1 Å². The Labute approximate surface area is 89.3 Å². The Hall–Kier alpha value is -1.14. The molecule has 0 aliphatic heterocycles. The molecule has 0 amide bonds. The molecule has 1 radical (unpaired) electrons. The van der Waals surface area contributed by atoms with E-state index in [9.17, 15) is 9.59 Å². The van der Waals surface area contributed by atoms with Crippen molar-refractivity contribution in [3.8, 4) is 0 Å². The van der Waals surface area contributed by atoms with Crippen LogP contribution in [0.1, 0.15) is 13.3 Å². The predicted molar refractivity (Wildman–Crippen MR) is 53.6 cm³/mol. The first-order chi connectivity index (χ1) is 7.13. The van der Waals surface area contributed by atoms with Gasteiger partial charge in [0, 0.05) is 0 Å². The third-order valence-electron chi connectivity index (χ3n) is 1.70. The minimum Gasteiger partial charge on any atom is -0.468 e. The number of carbonyl (C=O) groups is 2. The van der Waals surface area contributed by atoms with Crippen LogP contribution < -0.4 is 10.6 Å². The Morgan fingerprint density at radius 2 is 1.40 bits per heavy atom. The number of methoxy groups -OCH3 is 2. The molecule has 0 spiro atoms. The quantitative estimate of drug-likeness (QED) is 0.555. The van der Waals surface area contributed by atoms with Gasteiger partial charge in [0.1, 0.15) is 6.17 Å². The summed E-state index contributed by atoms with van der Waals surface area (Å²) in [6, 6.07) is 0. The summed E-state index contributed by atoms with van der Waals surface area (Å²) < 4.78 is 8.92. The molecule has 0 aromatic heterocycles. The molecule has 0 heterocycles. The highest BCUT2D eigenvalue weighted by Crippen LogP contribution is 1.94. The second-order valence-corrected chi connectivity index (χ2v) is 2.69. The van der Waals surface area contributed by atoms with Crippen LogP contribution in [-0.4, -0.2) is 39.2 Å². The van der Waals surface area contributed by atoms with Crippen molar-refractivity contribution in [2.24, 2.45) is 0 Å². The summed E-state index contributed by atoms with van der Waals surface area (Å²) in [5.41, 5.74) is 0. The van der Waals surface area contributed by atoms with Crippen molar-refractivity contribution in [3.05, 3.63) is 6.17 Å². The predicted octanol–water partition coefficient (Wildman–Crippen LogP) is -0.589. The molecule has 0 aromatic carbocycles. The van der Waals surface area contributed by atoms with Gasteiger partial charge < -0.3 is 9.47 Å². The van der Waals surface area contributed by atoms with Crippen LogP contribution in [0.4, 0.5) is 0 Å². The van der Waals surface area contributed by atoms with E-state index >= 15 is 0 Å². The monoisotopic (exact) mass is 217 g/mol. The second kappa shape index (κ2) is 8.19. The van der Waals surface area contributed by atoms with E-state index in [-0.39, 0.29) is 25.0 Å². The van der Waals surface area contributed by atoms with Crippen LogP contribution >= 0.6 is 0 Å². The fourth-order valence-electron chi connectivity index (χ4n) is 0.815. The van der Waals surface area contributed by atoms with Gasteiger partial charge in [-0.05, 0) is 6.42 Å². The molecule has 0 atom stereocenters. The van der Waals surface area contributed by atoms with Gasteiger partial charge in [0.15, 0.2) is 0 Å². The second-order valence-electron chi connectivity index (χ2n) is 2.69. The van der Waals surface area contributed by atoms with Gasteiger partial charge in [-0.1, -0.05) is 6.92 Å². The first kappa shape index (κ1) is 13.9. The molecule has 2 N–H and O–H groups in total. The average Bonchev–Trinajstić information content (AvgIpc) is 2.28. The number of hydrogen-bond acceptors (Lipinski definition) is 6. The Morgan fingerprint density at radius 1 is 1.00 bits per heavy atom. The lowest BCUT2D eigenvalue weighted by Crippen LogP contribution is -2.39. The van der Waals surface area contributed by atoms with Crippen molar-refractivity contribution in [1.29, 1.82) is 0 Å². The highest BCUT2D eigenvalue weighted by Gasteiger charge is 2.10. The average molecular weight is 217 g/mol. The third-order valence-corrected chi connectivity index (χ3v) is 1.70. The van der Waals surface area contributed by atoms with Gasteiger partial charge in [0.05, 0.1) is 27.3 Å². The highest BCUT2D eigenvalue weighted by atomic mass is 16.5. The Morgan fingerprint density at radius 3 is 1.67 bits per heavy atom. The maximum Gasteiger partial charge on any atom is 0.319 e. The van der Waals surface area contributed by atoms with Crippen LogP contribution in [0.2, 0.25) is 0 Å². The summed E-state index contributed by atoms with van der Waals surface area (Å²) in [5.74, 6) is -0.721. The van der Waals surface area contributed by atoms with Gasteiger partial charge in [-0.25, -0.2) is 0 Å². The Balaban J connectivity index is 3.73. The molecule has 0 aromatic rings. The molecule has 0 unspecified atom stereocenters. The van der Waals surface area contributed by atoms with Crippen molar-refractivity contribution in [1.82, 2.24) is 10.6 Å². The molecule has 0 aliphatic carbocycles. The van der Waals surface area contributed by atoms with E-state index in [0.29, 0.717) is 12.6 Å². The minimum atomic E-state index is -0.360. The lowest BCUT2D eigenvalue weighted by atomic mass is 10.3. The van der Waals surface area contributed by atoms with Crippen LogP contribution in [0.25, 0.3) is 0 Å². The van der Waals surface area contributed by atoms with E-state index in [1.165, 1.54) is 14.2 Å². The number of esters is 2. The lowest BCUT2D eigenvalue weighted by molar-refractivity contribution is -0.139. The van der Waals surface area contributed by atoms with Gasteiger partial charge in [-0.2, -0.15) is 0 Å². The molecule has 6 nitrogen and oxygen atoms in total. The zero-order valence-electron chi connectivity index (χ0n) is 9.25. The van der Waals surface area contributed by atoms with Crippen LogP contribution in [0.5, 0.6) is 0 Å². The first-order valence-electron chi connectivity index (χ1n) is 4.61. The summed E-state index contributed by atoms with van der Waals surface area (Å²) in [4.78, 5) is 21.6. The molecule has 6 heteroatoms. The Bertz CT molecular complexity index is 188. The van der Waals surface area contributed by atoms with Crippen molar-refractivity contribution in [2.75, 3.05) is 27.3 Å². The largest absolute Gasteiger partial charge is 0.468 e. The van der Waals surface area contributed by atoms with Crippen molar-refractivity contribution >= 4 is 11.9 Å². The molecule has 15 heavy (non-hydrogen) atoms. The summed E-state index contributed by atoms with van der Waals surface area (Å²) in [6.45, 7) is 2.05. The molecule has 0 saturated heterocycles. The van der Waals surface area contributed by atoms with Crippen LogP contribution in [-0.2, 0) is 19.1 Å². The standard InChI is InChI=1S/C9H17N2O4/c1-4-7(10-5-8(12)14-2)11-6-9(13)15-3/h10-11H,4-6H2,1-3H3. The van der Waals surface area contributed by atoms with Gasteiger partial charge in [0.25, 0.3) is 0 Å². The SMILES string of the molecule is CC[C](NCC(=O)OC)NCC(=O)OC. The normalized spacial score (nSPS) is 10.1. The molecule has 0 bridgehead atoms. The summed E-state index contributed by atoms with van der Waals surface area (Å²) >= 11 is 0. The van der Waals surface area contributed by atoms with E-state index in [1.54, 1.807) is 0 Å². The molecule has 0 saturated carbocycles. The summed E-state index contributed by atoms with van der Waals surface area (Å²) in [5, 5.41) is 5.65. The van der Waals surface area contributed by atoms with E-state index in [2.05, 4.69) is 20.1 Å². The van der Waals surface area contributed by atoms with Crippen LogP contribution in [0, 0.1) is 6.17 Å². The zero-order valence-corrected chi connectivity index (χ0v) is 9.25. The number of nitrogens with one attached hydrogen (secondary N) is 2. The first-order valence-corrected chi connectivity index (χ1v) is 4.61. The molecule has 87 valence electrons.